The molecule has 0 atom stereocenters. The highest BCUT2D eigenvalue weighted by Crippen LogP contribution is 2.25. The summed E-state index contributed by atoms with van der Waals surface area (Å²) in [5, 5.41) is 3.93. The fraction of sp³-hybridized carbons (Fsp3) is 0.667. The lowest BCUT2D eigenvalue weighted by molar-refractivity contribution is -0.0891. The van der Waals surface area contributed by atoms with Gasteiger partial charge in [0.15, 0.2) is 0 Å². The van der Waals surface area contributed by atoms with E-state index in [0.717, 1.165) is 0 Å². The average Bonchev–Trinajstić information content (AvgIpc) is 2.72. The van der Waals surface area contributed by atoms with Gasteiger partial charge in [0.1, 0.15) is 5.60 Å². The molecule has 94 valence electrons. The molecule has 1 aromatic heterocycles. The smallest absolute Gasteiger partial charge is 0.323 e. The number of aromatic nitrogens is 2. The summed E-state index contributed by atoms with van der Waals surface area (Å²) in [6, 6.07) is -0.150. The molecule has 6 nitrogen and oxygen atoms in total. The lowest BCUT2D eigenvalue weighted by Gasteiger charge is -2.46. The molecule has 0 radical (unpaired) electrons. The van der Waals surface area contributed by atoms with Crippen molar-refractivity contribution < 1.29 is 9.53 Å². The first-order valence-electron chi connectivity index (χ1n) is 5.05. The van der Waals surface area contributed by atoms with Crippen LogP contribution in [0.3, 0.4) is 0 Å². The maximum absolute atomic E-state index is 11.8. The van der Waals surface area contributed by atoms with Gasteiger partial charge in [0.05, 0.1) is 13.1 Å². The maximum Gasteiger partial charge on any atom is 0.323 e. The van der Waals surface area contributed by atoms with Crippen LogP contribution in [0.5, 0.6) is 0 Å². The first-order chi connectivity index (χ1) is 8.06. The molecule has 8 heteroatoms. The van der Waals surface area contributed by atoms with Gasteiger partial charge in [0.25, 0.3) is 0 Å². The number of anilines is 1. The van der Waals surface area contributed by atoms with Crippen molar-refractivity contribution in [1.82, 2.24) is 14.3 Å². The van der Waals surface area contributed by atoms with Crippen molar-refractivity contribution in [3.8, 4) is 0 Å². The van der Waals surface area contributed by atoms with Crippen LogP contribution in [0.4, 0.5) is 9.93 Å². The van der Waals surface area contributed by atoms with E-state index in [-0.39, 0.29) is 11.6 Å². The Bertz CT molecular complexity index is 417. The summed E-state index contributed by atoms with van der Waals surface area (Å²) in [7, 11) is 1.66. The molecule has 1 fully saturated rings. The fourth-order valence-corrected chi connectivity index (χ4v) is 2.66. The minimum absolute atomic E-state index is 0.150. The Hall–Kier alpha value is -0.860. The Labute approximate surface area is 108 Å². The van der Waals surface area contributed by atoms with Gasteiger partial charge in [-0.25, -0.2) is 4.79 Å². The SMILES string of the molecule is COC1(C)CN(C(=O)Nc2nc(SC)ns2)C1. The Morgan fingerprint density at radius 1 is 1.65 bits per heavy atom. The van der Waals surface area contributed by atoms with E-state index >= 15 is 0 Å². The summed E-state index contributed by atoms with van der Waals surface area (Å²) in [6.45, 7) is 3.18. The van der Waals surface area contributed by atoms with Crippen molar-refractivity contribution in [2.75, 3.05) is 31.8 Å². The fourth-order valence-electron chi connectivity index (χ4n) is 1.55. The highest BCUT2D eigenvalue weighted by Gasteiger charge is 2.41. The van der Waals surface area contributed by atoms with E-state index in [1.165, 1.54) is 23.3 Å². The first-order valence-corrected chi connectivity index (χ1v) is 7.05. The molecule has 0 unspecified atom stereocenters. The lowest BCUT2D eigenvalue weighted by Crippen LogP contribution is -2.63. The van der Waals surface area contributed by atoms with Crippen molar-refractivity contribution in [3.05, 3.63) is 0 Å². The first kappa shape index (κ1) is 12.6. The zero-order valence-electron chi connectivity index (χ0n) is 9.89. The van der Waals surface area contributed by atoms with Gasteiger partial charge < -0.3 is 9.64 Å². The van der Waals surface area contributed by atoms with Gasteiger partial charge in [-0.15, -0.1) is 0 Å². The van der Waals surface area contributed by atoms with E-state index in [1.807, 2.05) is 13.2 Å². The summed E-state index contributed by atoms with van der Waals surface area (Å²) in [5.74, 6) is 0. The Morgan fingerprint density at radius 2 is 2.35 bits per heavy atom. The monoisotopic (exact) mass is 274 g/mol. The van der Waals surface area contributed by atoms with Crippen LogP contribution in [-0.4, -0.2) is 52.3 Å². The van der Waals surface area contributed by atoms with E-state index in [1.54, 1.807) is 12.0 Å². The second-order valence-electron chi connectivity index (χ2n) is 4.03. The maximum atomic E-state index is 11.8. The summed E-state index contributed by atoms with van der Waals surface area (Å²) in [5.41, 5.74) is -0.205. The molecule has 0 spiro atoms. The average molecular weight is 274 g/mol. The molecule has 0 aliphatic carbocycles. The molecule has 2 rings (SSSR count). The van der Waals surface area contributed by atoms with Gasteiger partial charge in [-0.1, -0.05) is 11.8 Å². The van der Waals surface area contributed by atoms with Gasteiger partial charge >= 0.3 is 6.03 Å². The number of likely N-dealkylation sites (tertiary alicyclic amines) is 1. The van der Waals surface area contributed by atoms with Crippen LogP contribution in [0.1, 0.15) is 6.92 Å². The van der Waals surface area contributed by atoms with Crippen LogP contribution in [0.2, 0.25) is 0 Å². The summed E-state index contributed by atoms with van der Waals surface area (Å²) in [6.07, 6.45) is 1.90. The highest BCUT2D eigenvalue weighted by atomic mass is 32.2. The molecule has 1 aliphatic heterocycles. The number of thioether (sulfide) groups is 1. The molecule has 0 bridgehead atoms. The number of ether oxygens (including phenoxy) is 1. The van der Waals surface area contributed by atoms with Gasteiger partial charge in [-0.2, -0.15) is 9.36 Å². The number of carbonyl (C=O) groups is 1. The number of amides is 2. The third kappa shape index (κ3) is 2.70. The number of nitrogens with zero attached hydrogens (tertiary/aromatic N) is 3. The molecule has 1 N–H and O–H groups in total. The van der Waals surface area contributed by atoms with Crippen LogP contribution in [0.25, 0.3) is 0 Å². The molecule has 1 saturated heterocycles. The van der Waals surface area contributed by atoms with Gasteiger partial charge in [0, 0.05) is 18.6 Å². The number of nitrogens with one attached hydrogen (secondary N) is 1. The quantitative estimate of drug-likeness (QED) is 0.846. The molecule has 0 aromatic carbocycles. The normalized spacial score (nSPS) is 17.7. The molecule has 1 aromatic rings. The number of urea groups is 1. The molecule has 2 heterocycles. The predicted molar refractivity (Wildman–Crippen MR) is 67.7 cm³/mol. The lowest BCUT2D eigenvalue weighted by atomic mass is 9.97. The third-order valence-corrected chi connectivity index (χ3v) is 3.93. The number of rotatable bonds is 3. The third-order valence-electron chi connectivity index (χ3n) is 2.63. The Kier molecular flexibility index (Phi) is 3.55. The summed E-state index contributed by atoms with van der Waals surface area (Å²) in [4.78, 5) is 17.6. The molecule has 1 aliphatic rings. The zero-order valence-corrected chi connectivity index (χ0v) is 11.5. The predicted octanol–water partition coefficient (Wildman–Crippen LogP) is 1.51. The Morgan fingerprint density at radius 3 is 2.88 bits per heavy atom. The number of methoxy groups -OCH3 is 1. The number of hydrogen-bond acceptors (Lipinski definition) is 6. The molecule has 17 heavy (non-hydrogen) atoms. The van der Waals surface area contributed by atoms with Crippen LogP contribution in [0.15, 0.2) is 5.16 Å². The van der Waals surface area contributed by atoms with Crippen molar-refractivity contribution in [1.29, 1.82) is 0 Å². The van der Waals surface area contributed by atoms with Crippen LogP contribution < -0.4 is 5.32 Å². The largest absolute Gasteiger partial charge is 0.375 e. The minimum Gasteiger partial charge on any atom is -0.375 e. The van der Waals surface area contributed by atoms with Crippen LogP contribution in [-0.2, 0) is 4.74 Å². The van der Waals surface area contributed by atoms with E-state index in [0.29, 0.717) is 23.4 Å². The number of carbonyl (C=O) groups excluding carboxylic acids is 1. The van der Waals surface area contributed by atoms with Gasteiger partial charge in [-0.3, -0.25) is 5.32 Å². The van der Waals surface area contributed by atoms with Crippen LogP contribution >= 0.6 is 23.3 Å². The molecular formula is C9H14N4O2S2. The van der Waals surface area contributed by atoms with Crippen molar-refractivity contribution in [2.45, 2.75) is 17.7 Å². The van der Waals surface area contributed by atoms with Crippen LogP contribution in [0, 0.1) is 0 Å². The van der Waals surface area contributed by atoms with Crippen molar-refractivity contribution in [2.24, 2.45) is 0 Å². The second-order valence-corrected chi connectivity index (χ2v) is 5.55. The standard InChI is InChI=1S/C9H14N4O2S2/c1-9(15-2)4-13(5-9)8(14)11-6-10-7(16-3)12-17-6/h4-5H2,1-3H3,(H,10,11,12,14). The molecular weight excluding hydrogens is 260 g/mol. The van der Waals surface area contributed by atoms with E-state index < -0.39 is 0 Å². The van der Waals surface area contributed by atoms with Gasteiger partial charge in [0.2, 0.25) is 10.3 Å². The molecule has 0 saturated carbocycles. The topological polar surface area (TPSA) is 67.3 Å². The van der Waals surface area contributed by atoms with Gasteiger partial charge in [-0.05, 0) is 13.2 Å². The zero-order chi connectivity index (χ0) is 12.5. The van der Waals surface area contributed by atoms with E-state index in [2.05, 4.69) is 14.7 Å². The Balaban J connectivity index is 1.86. The highest BCUT2D eigenvalue weighted by molar-refractivity contribution is 7.98. The number of hydrogen-bond donors (Lipinski definition) is 1. The van der Waals surface area contributed by atoms with Crippen molar-refractivity contribution in [3.63, 3.8) is 0 Å². The summed E-state index contributed by atoms with van der Waals surface area (Å²) < 4.78 is 9.35. The van der Waals surface area contributed by atoms with E-state index in [4.69, 9.17) is 4.74 Å². The molecule has 2 amide bonds. The minimum atomic E-state index is -0.205. The van der Waals surface area contributed by atoms with E-state index in [9.17, 15) is 4.79 Å². The van der Waals surface area contributed by atoms with Crippen molar-refractivity contribution >= 4 is 34.5 Å². The summed E-state index contributed by atoms with van der Waals surface area (Å²) >= 11 is 2.64. The second kappa shape index (κ2) is 4.79.